The number of nitrogens with zero attached hydrogens (tertiary/aromatic N) is 3. The number of ether oxygens (including phenoxy) is 1. The van der Waals surface area contributed by atoms with Gasteiger partial charge in [-0.2, -0.15) is 8.75 Å². The first-order valence-electron chi connectivity index (χ1n) is 10.4. The van der Waals surface area contributed by atoms with Gasteiger partial charge in [0.25, 0.3) is 15.9 Å². The van der Waals surface area contributed by atoms with E-state index < -0.39 is 16.0 Å². The van der Waals surface area contributed by atoms with E-state index in [0.717, 1.165) is 42.3 Å². The van der Waals surface area contributed by atoms with Gasteiger partial charge >= 0.3 is 5.97 Å². The van der Waals surface area contributed by atoms with Crippen molar-refractivity contribution in [2.24, 2.45) is 0 Å². The van der Waals surface area contributed by atoms with Crippen LogP contribution < -0.4 is 4.72 Å². The molecule has 0 atom stereocenters. The fraction of sp³-hybridized carbons (Fsp3) is 0.500. The third kappa shape index (κ3) is 4.77. The molecule has 0 saturated carbocycles. The Bertz CT molecular complexity index is 1140. The standard InChI is InChI=1S/C20H24N4O5S3/c1-29-19(26)17-14-8-10-24(18(25)15-11-21-31-23-15)12-16(14)30-20(17)32(27,28)22-9-7-13-5-3-2-4-6-13/h5,11,22H,2-4,6-10,12H2,1H3. The zero-order chi connectivity index (χ0) is 22.7. The summed E-state index contributed by atoms with van der Waals surface area (Å²) >= 11 is 1.98. The van der Waals surface area contributed by atoms with Crippen molar-refractivity contribution >= 4 is 45.0 Å². The number of carbonyl (C=O) groups is 2. The first-order chi connectivity index (χ1) is 15.4. The van der Waals surface area contributed by atoms with E-state index in [1.807, 2.05) is 0 Å². The van der Waals surface area contributed by atoms with Gasteiger partial charge in [-0.3, -0.25) is 4.79 Å². The number of carbonyl (C=O) groups excluding carboxylic acids is 2. The molecule has 0 aromatic carbocycles. The number of sulfonamides is 1. The summed E-state index contributed by atoms with van der Waals surface area (Å²) in [6, 6.07) is 0. The van der Waals surface area contributed by atoms with Crippen molar-refractivity contribution in [2.45, 2.75) is 49.3 Å². The summed E-state index contributed by atoms with van der Waals surface area (Å²) in [6.45, 7) is 0.840. The van der Waals surface area contributed by atoms with Crippen molar-refractivity contribution in [1.82, 2.24) is 18.4 Å². The predicted octanol–water partition coefficient (Wildman–Crippen LogP) is 2.75. The Morgan fingerprint density at radius 2 is 2.12 bits per heavy atom. The van der Waals surface area contributed by atoms with Gasteiger partial charge in [0.2, 0.25) is 0 Å². The van der Waals surface area contributed by atoms with E-state index in [-0.39, 0.29) is 34.5 Å². The predicted molar refractivity (Wildman–Crippen MR) is 120 cm³/mol. The third-order valence-corrected chi connectivity index (χ3v) is 9.32. The van der Waals surface area contributed by atoms with Crippen LogP contribution in [0.4, 0.5) is 0 Å². The van der Waals surface area contributed by atoms with Crippen LogP contribution in [0.25, 0.3) is 0 Å². The molecule has 1 N–H and O–H groups in total. The van der Waals surface area contributed by atoms with Crippen LogP contribution in [0.5, 0.6) is 0 Å². The molecular weight excluding hydrogens is 472 g/mol. The van der Waals surface area contributed by atoms with Crippen molar-refractivity contribution in [1.29, 1.82) is 0 Å². The van der Waals surface area contributed by atoms with Gasteiger partial charge < -0.3 is 9.64 Å². The quantitative estimate of drug-likeness (QED) is 0.462. The molecule has 1 amide bonds. The second kappa shape index (κ2) is 9.77. The largest absolute Gasteiger partial charge is 0.465 e. The van der Waals surface area contributed by atoms with Crippen molar-refractivity contribution < 1.29 is 22.7 Å². The fourth-order valence-corrected chi connectivity index (χ4v) is 7.40. The summed E-state index contributed by atoms with van der Waals surface area (Å²) in [5.74, 6) is -0.943. The lowest BCUT2D eigenvalue weighted by atomic mass is 9.97. The monoisotopic (exact) mass is 496 g/mol. The lowest BCUT2D eigenvalue weighted by Crippen LogP contribution is -2.36. The summed E-state index contributed by atoms with van der Waals surface area (Å²) in [4.78, 5) is 27.4. The number of hydrogen-bond acceptors (Lipinski definition) is 9. The van der Waals surface area contributed by atoms with Crippen molar-refractivity contribution in [3.63, 3.8) is 0 Å². The van der Waals surface area contributed by atoms with Gasteiger partial charge in [-0.1, -0.05) is 11.6 Å². The normalized spacial score (nSPS) is 16.4. The van der Waals surface area contributed by atoms with Gasteiger partial charge in [-0.15, -0.1) is 11.3 Å². The van der Waals surface area contributed by atoms with E-state index in [4.69, 9.17) is 4.74 Å². The average Bonchev–Trinajstić information content (AvgIpc) is 3.47. The molecule has 0 unspecified atom stereocenters. The Morgan fingerprint density at radius 3 is 2.81 bits per heavy atom. The van der Waals surface area contributed by atoms with E-state index in [1.54, 1.807) is 4.90 Å². The molecule has 172 valence electrons. The van der Waals surface area contributed by atoms with E-state index >= 15 is 0 Å². The average molecular weight is 497 g/mol. The number of thiophene rings is 1. The fourth-order valence-electron chi connectivity index (χ4n) is 4.01. The molecule has 0 spiro atoms. The molecule has 3 heterocycles. The highest BCUT2D eigenvalue weighted by molar-refractivity contribution is 7.91. The Kier molecular flexibility index (Phi) is 7.03. The minimum Gasteiger partial charge on any atom is -0.465 e. The van der Waals surface area contributed by atoms with Crippen LogP contribution in [0, 0.1) is 0 Å². The Balaban J connectivity index is 1.56. The Morgan fingerprint density at radius 1 is 1.28 bits per heavy atom. The van der Waals surface area contributed by atoms with E-state index in [1.165, 1.54) is 25.3 Å². The molecule has 2 aliphatic rings. The van der Waals surface area contributed by atoms with E-state index in [9.17, 15) is 18.0 Å². The first-order valence-corrected chi connectivity index (χ1v) is 13.4. The first kappa shape index (κ1) is 23.0. The molecule has 0 fully saturated rings. The van der Waals surface area contributed by atoms with Gasteiger partial charge in [0.05, 0.1) is 37.1 Å². The van der Waals surface area contributed by atoms with Crippen molar-refractivity contribution in [2.75, 3.05) is 20.2 Å². The SMILES string of the molecule is COC(=O)c1c(S(=O)(=O)NCCC2=CCCCC2)sc2c1CCN(C(=O)c1cnsn1)C2. The van der Waals surface area contributed by atoms with Crippen LogP contribution >= 0.6 is 23.1 Å². The summed E-state index contributed by atoms with van der Waals surface area (Å²) < 4.78 is 41.6. The van der Waals surface area contributed by atoms with Crippen LogP contribution in [-0.4, -0.2) is 54.1 Å². The molecule has 12 heteroatoms. The molecule has 0 radical (unpaired) electrons. The Labute approximate surface area is 194 Å². The van der Waals surface area contributed by atoms with Crippen LogP contribution in [0.1, 0.15) is 63.4 Å². The molecule has 2 aromatic rings. The maximum Gasteiger partial charge on any atom is 0.340 e. The highest BCUT2D eigenvalue weighted by atomic mass is 32.2. The van der Waals surface area contributed by atoms with Crippen molar-refractivity contribution in [3.05, 3.63) is 39.5 Å². The summed E-state index contributed by atoms with van der Waals surface area (Å²) in [7, 11) is -2.67. The van der Waals surface area contributed by atoms with Crippen LogP contribution in [0.15, 0.2) is 22.1 Å². The van der Waals surface area contributed by atoms with E-state index in [0.29, 0.717) is 29.8 Å². The molecule has 32 heavy (non-hydrogen) atoms. The highest BCUT2D eigenvalue weighted by Gasteiger charge is 2.35. The van der Waals surface area contributed by atoms with Crippen LogP contribution in [-0.2, 0) is 27.7 Å². The topological polar surface area (TPSA) is 119 Å². The molecule has 4 rings (SSSR count). The molecule has 2 aromatic heterocycles. The van der Waals surface area contributed by atoms with Crippen LogP contribution in [0.2, 0.25) is 0 Å². The highest BCUT2D eigenvalue weighted by Crippen LogP contribution is 2.37. The number of methoxy groups -OCH3 is 1. The number of amides is 1. The molecule has 1 aliphatic carbocycles. The Hall–Kier alpha value is -2.15. The smallest absolute Gasteiger partial charge is 0.340 e. The van der Waals surface area contributed by atoms with Gasteiger partial charge in [0.1, 0.15) is 4.21 Å². The third-order valence-electron chi connectivity index (χ3n) is 5.65. The minimum absolute atomic E-state index is 0.0448. The van der Waals surface area contributed by atoms with Gasteiger partial charge in [-0.05, 0) is 44.1 Å². The maximum atomic E-state index is 13.1. The minimum atomic E-state index is -3.91. The molecule has 9 nitrogen and oxygen atoms in total. The summed E-state index contributed by atoms with van der Waals surface area (Å²) in [6.07, 6.45) is 8.97. The number of rotatable bonds is 7. The number of nitrogens with one attached hydrogen (secondary N) is 1. The molecular formula is C20H24N4O5S3. The number of aromatic nitrogens is 2. The van der Waals surface area contributed by atoms with Gasteiger partial charge in [0.15, 0.2) is 5.69 Å². The second-order valence-electron chi connectivity index (χ2n) is 7.68. The van der Waals surface area contributed by atoms with Crippen molar-refractivity contribution in [3.8, 4) is 0 Å². The van der Waals surface area contributed by atoms with Crippen LogP contribution in [0.3, 0.4) is 0 Å². The molecule has 1 aliphatic heterocycles. The van der Waals surface area contributed by atoms with Gasteiger partial charge in [0, 0.05) is 18.0 Å². The van der Waals surface area contributed by atoms with Gasteiger partial charge in [-0.25, -0.2) is 17.9 Å². The summed E-state index contributed by atoms with van der Waals surface area (Å²) in [5.41, 5.74) is 2.25. The number of fused-ring (bicyclic) bond motifs is 1. The maximum absolute atomic E-state index is 13.1. The number of esters is 1. The zero-order valence-electron chi connectivity index (χ0n) is 17.6. The van der Waals surface area contributed by atoms with E-state index in [2.05, 4.69) is 19.5 Å². The molecule has 0 bridgehead atoms. The lowest BCUT2D eigenvalue weighted by molar-refractivity contribution is 0.0595. The summed E-state index contributed by atoms with van der Waals surface area (Å²) in [5, 5.41) is 0. The number of allylic oxidation sites excluding steroid dienone is 1. The zero-order valence-corrected chi connectivity index (χ0v) is 20.1. The molecule has 0 saturated heterocycles. The lowest BCUT2D eigenvalue weighted by Gasteiger charge is -2.26. The second-order valence-corrected chi connectivity index (χ2v) is 11.3. The number of hydrogen-bond donors (Lipinski definition) is 1.